The van der Waals surface area contributed by atoms with Crippen molar-refractivity contribution in [2.24, 2.45) is 0 Å². The molecule has 80 valence electrons. The van der Waals surface area contributed by atoms with Crippen molar-refractivity contribution in [1.29, 1.82) is 0 Å². The first-order valence-corrected chi connectivity index (χ1v) is 4.67. The lowest BCUT2D eigenvalue weighted by molar-refractivity contribution is 0.0689. The van der Waals surface area contributed by atoms with Crippen LogP contribution < -0.4 is 0 Å². The van der Waals surface area contributed by atoms with E-state index in [1.807, 2.05) is 13.0 Å². The summed E-state index contributed by atoms with van der Waals surface area (Å²) in [6.07, 6.45) is 1.68. The largest absolute Gasteiger partial charge is 0.476 e. The lowest BCUT2D eigenvalue weighted by atomic mass is 10.1. The number of pyridine rings is 1. The van der Waals surface area contributed by atoms with Crippen LogP contribution in [0.5, 0.6) is 0 Å². The summed E-state index contributed by atoms with van der Waals surface area (Å²) in [6.45, 7) is 1.88. The van der Waals surface area contributed by atoms with Crippen molar-refractivity contribution in [2.75, 3.05) is 0 Å². The molecule has 0 radical (unpaired) electrons. The molecule has 2 rings (SSSR count). The van der Waals surface area contributed by atoms with Gasteiger partial charge in [-0.25, -0.2) is 4.79 Å². The molecular formula is C11H9N3O2. The third kappa shape index (κ3) is 2.03. The second-order valence-corrected chi connectivity index (χ2v) is 3.29. The molecule has 5 heteroatoms. The lowest BCUT2D eigenvalue weighted by Gasteiger charge is -2.00. The summed E-state index contributed by atoms with van der Waals surface area (Å²) < 4.78 is 0. The molecule has 0 aliphatic heterocycles. The Morgan fingerprint density at radius 1 is 1.25 bits per heavy atom. The van der Waals surface area contributed by atoms with Gasteiger partial charge in [-0.15, -0.1) is 10.2 Å². The highest BCUT2D eigenvalue weighted by atomic mass is 16.4. The van der Waals surface area contributed by atoms with Crippen LogP contribution in [0.15, 0.2) is 30.5 Å². The van der Waals surface area contributed by atoms with Crippen molar-refractivity contribution in [2.45, 2.75) is 6.92 Å². The van der Waals surface area contributed by atoms with Gasteiger partial charge >= 0.3 is 5.97 Å². The van der Waals surface area contributed by atoms with Gasteiger partial charge in [-0.3, -0.25) is 4.98 Å². The molecule has 0 fully saturated rings. The second kappa shape index (κ2) is 4.06. The van der Waals surface area contributed by atoms with E-state index in [9.17, 15) is 4.79 Å². The molecule has 16 heavy (non-hydrogen) atoms. The molecular weight excluding hydrogens is 206 g/mol. The molecule has 5 nitrogen and oxygen atoms in total. The average Bonchev–Trinajstić information content (AvgIpc) is 2.29. The van der Waals surface area contributed by atoms with E-state index in [1.165, 1.54) is 6.07 Å². The van der Waals surface area contributed by atoms with Crippen LogP contribution in [0.4, 0.5) is 0 Å². The topological polar surface area (TPSA) is 76.0 Å². The van der Waals surface area contributed by atoms with E-state index in [4.69, 9.17) is 5.11 Å². The molecule has 0 saturated carbocycles. The predicted octanol–water partition coefficient (Wildman–Crippen LogP) is 1.55. The minimum absolute atomic E-state index is 0.0606. The Morgan fingerprint density at radius 3 is 2.62 bits per heavy atom. The zero-order valence-corrected chi connectivity index (χ0v) is 8.58. The number of carboxylic acids is 1. The van der Waals surface area contributed by atoms with Crippen molar-refractivity contribution >= 4 is 5.97 Å². The monoisotopic (exact) mass is 215 g/mol. The van der Waals surface area contributed by atoms with E-state index >= 15 is 0 Å². The smallest absolute Gasteiger partial charge is 0.356 e. The second-order valence-electron chi connectivity index (χ2n) is 3.29. The molecule has 0 aliphatic rings. The molecule has 1 N–H and O–H groups in total. The Balaban J connectivity index is 2.38. The summed E-state index contributed by atoms with van der Waals surface area (Å²) in [4.78, 5) is 14.7. The zero-order valence-electron chi connectivity index (χ0n) is 8.58. The SMILES string of the molecule is Cc1cc(-c2ccc(C(=O)O)nn2)ccn1. The van der Waals surface area contributed by atoms with Crippen molar-refractivity contribution in [1.82, 2.24) is 15.2 Å². The van der Waals surface area contributed by atoms with Gasteiger partial charge in [0.05, 0.1) is 5.69 Å². The maximum absolute atomic E-state index is 10.6. The number of hydrogen-bond acceptors (Lipinski definition) is 4. The van der Waals surface area contributed by atoms with Gasteiger partial charge < -0.3 is 5.11 Å². The van der Waals surface area contributed by atoms with Crippen molar-refractivity contribution < 1.29 is 9.90 Å². The summed E-state index contributed by atoms with van der Waals surface area (Å²) in [5.74, 6) is -1.08. The summed E-state index contributed by atoms with van der Waals surface area (Å²) in [7, 11) is 0. The predicted molar refractivity (Wildman–Crippen MR) is 57.0 cm³/mol. The normalized spacial score (nSPS) is 10.1. The maximum atomic E-state index is 10.6. The van der Waals surface area contributed by atoms with Crippen LogP contribution in [0.2, 0.25) is 0 Å². The van der Waals surface area contributed by atoms with Crippen molar-refractivity contribution in [3.05, 3.63) is 41.9 Å². The summed E-state index contributed by atoms with van der Waals surface area (Å²) in [5.41, 5.74) is 2.32. The number of hydrogen-bond donors (Lipinski definition) is 1. The van der Waals surface area contributed by atoms with Gasteiger partial charge in [0.25, 0.3) is 0 Å². The molecule has 0 bridgehead atoms. The Morgan fingerprint density at radius 2 is 2.06 bits per heavy atom. The van der Waals surface area contributed by atoms with Gasteiger partial charge in [0.1, 0.15) is 0 Å². The third-order valence-electron chi connectivity index (χ3n) is 2.08. The van der Waals surface area contributed by atoms with E-state index in [0.29, 0.717) is 5.69 Å². The first kappa shape index (κ1) is 10.2. The van der Waals surface area contributed by atoms with Crippen LogP contribution in [0.1, 0.15) is 16.2 Å². The van der Waals surface area contributed by atoms with Crippen LogP contribution in [0, 0.1) is 6.92 Å². The number of aryl methyl sites for hydroxylation is 1. The summed E-state index contributed by atoms with van der Waals surface area (Å²) in [6, 6.07) is 6.73. The first-order chi connectivity index (χ1) is 7.66. The van der Waals surface area contributed by atoms with Crippen LogP contribution >= 0.6 is 0 Å². The zero-order chi connectivity index (χ0) is 11.5. The Bertz CT molecular complexity index is 523. The summed E-state index contributed by atoms with van der Waals surface area (Å²) >= 11 is 0. The highest BCUT2D eigenvalue weighted by Gasteiger charge is 2.06. The van der Waals surface area contributed by atoms with E-state index in [0.717, 1.165) is 11.3 Å². The quantitative estimate of drug-likeness (QED) is 0.822. The number of aromatic nitrogens is 3. The first-order valence-electron chi connectivity index (χ1n) is 4.67. The number of carboxylic acid groups (broad SMARTS) is 1. The van der Waals surface area contributed by atoms with Gasteiger partial charge in [-0.2, -0.15) is 0 Å². The summed E-state index contributed by atoms with van der Waals surface area (Å²) in [5, 5.41) is 16.1. The fourth-order valence-corrected chi connectivity index (χ4v) is 1.31. The molecule has 0 amide bonds. The van der Waals surface area contributed by atoms with E-state index in [2.05, 4.69) is 15.2 Å². The van der Waals surface area contributed by atoms with Crippen LogP contribution in [0.3, 0.4) is 0 Å². The number of rotatable bonds is 2. The minimum atomic E-state index is -1.08. The fraction of sp³-hybridized carbons (Fsp3) is 0.0909. The Hall–Kier alpha value is -2.30. The lowest BCUT2D eigenvalue weighted by Crippen LogP contribution is -2.02. The molecule has 0 unspecified atom stereocenters. The number of nitrogens with zero attached hydrogens (tertiary/aromatic N) is 3. The van der Waals surface area contributed by atoms with Gasteiger partial charge in [0.15, 0.2) is 5.69 Å². The minimum Gasteiger partial charge on any atom is -0.476 e. The fourth-order valence-electron chi connectivity index (χ4n) is 1.31. The molecule has 0 aromatic carbocycles. The molecule has 2 aromatic heterocycles. The highest BCUT2D eigenvalue weighted by Crippen LogP contribution is 2.15. The molecule has 2 aromatic rings. The molecule has 0 saturated heterocycles. The van der Waals surface area contributed by atoms with Crippen LogP contribution in [-0.4, -0.2) is 26.3 Å². The average molecular weight is 215 g/mol. The van der Waals surface area contributed by atoms with E-state index in [-0.39, 0.29) is 5.69 Å². The van der Waals surface area contributed by atoms with Crippen LogP contribution in [0.25, 0.3) is 11.3 Å². The molecule has 2 heterocycles. The Labute approximate surface area is 91.8 Å². The van der Waals surface area contributed by atoms with Gasteiger partial charge in [-0.1, -0.05) is 0 Å². The third-order valence-corrected chi connectivity index (χ3v) is 2.08. The molecule has 0 spiro atoms. The standard InChI is InChI=1S/C11H9N3O2/c1-7-6-8(4-5-12-7)9-2-3-10(11(15)16)14-13-9/h2-6H,1H3,(H,15,16). The van der Waals surface area contributed by atoms with E-state index in [1.54, 1.807) is 18.3 Å². The number of carbonyl (C=O) groups is 1. The van der Waals surface area contributed by atoms with E-state index < -0.39 is 5.97 Å². The number of aromatic carboxylic acids is 1. The highest BCUT2D eigenvalue weighted by molar-refractivity contribution is 5.85. The Kier molecular flexibility index (Phi) is 2.59. The van der Waals surface area contributed by atoms with Gasteiger partial charge in [-0.05, 0) is 31.2 Å². The van der Waals surface area contributed by atoms with Gasteiger partial charge in [0, 0.05) is 17.5 Å². The molecule has 0 atom stereocenters. The maximum Gasteiger partial charge on any atom is 0.356 e. The molecule has 0 aliphatic carbocycles. The van der Waals surface area contributed by atoms with Crippen LogP contribution in [-0.2, 0) is 0 Å². The van der Waals surface area contributed by atoms with Crippen molar-refractivity contribution in [3.8, 4) is 11.3 Å². The van der Waals surface area contributed by atoms with Gasteiger partial charge in [0.2, 0.25) is 0 Å². The van der Waals surface area contributed by atoms with Crippen molar-refractivity contribution in [3.63, 3.8) is 0 Å².